The average Bonchev–Trinajstić information content (AvgIpc) is 2.85. The molecule has 2 heteroatoms. The Morgan fingerprint density at radius 2 is 1.91 bits per heavy atom. The number of aliphatic hydroxyl groups is 1. The minimum Gasteiger partial charge on any atom is -0.393 e. The molecular weight excluding hydrogens is 282 g/mol. The van der Waals surface area contributed by atoms with Crippen LogP contribution >= 0.6 is 0 Å². The molecule has 4 aliphatic rings. The van der Waals surface area contributed by atoms with Crippen molar-refractivity contribution in [3.63, 3.8) is 0 Å². The number of aliphatic hydroxyl groups excluding tert-OH is 1. The summed E-state index contributed by atoms with van der Waals surface area (Å²) >= 11 is 0. The zero-order chi connectivity index (χ0) is 16.2. The maximum atomic E-state index is 10.1. The van der Waals surface area contributed by atoms with Gasteiger partial charge in [0.15, 0.2) is 0 Å². The van der Waals surface area contributed by atoms with E-state index in [0.29, 0.717) is 5.41 Å². The van der Waals surface area contributed by atoms with E-state index in [0.717, 1.165) is 43.4 Å². The topological polar surface area (TPSA) is 44.0 Å². The van der Waals surface area contributed by atoms with Crippen molar-refractivity contribution in [1.29, 1.82) is 5.26 Å². The monoisotopic (exact) mass is 311 g/mol. The summed E-state index contributed by atoms with van der Waals surface area (Å²) in [6, 6.07) is 2.30. The molecule has 0 heterocycles. The van der Waals surface area contributed by atoms with E-state index in [1.807, 2.05) is 6.08 Å². The van der Waals surface area contributed by atoms with Gasteiger partial charge in [-0.25, -0.2) is 0 Å². The number of rotatable bonds is 0. The van der Waals surface area contributed by atoms with E-state index in [9.17, 15) is 5.11 Å². The molecule has 4 rings (SSSR count). The fourth-order valence-corrected chi connectivity index (χ4v) is 6.80. The largest absolute Gasteiger partial charge is 0.393 e. The summed E-state index contributed by atoms with van der Waals surface area (Å²) in [4.78, 5) is 0. The lowest BCUT2D eigenvalue weighted by Crippen LogP contribution is -2.49. The van der Waals surface area contributed by atoms with Gasteiger partial charge in [-0.2, -0.15) is 5.26 Å². The van der Waals surface area contributed by atoms with Crippen LogP contribution in [0.3, 0.4) is 0 Å². The van der Waals surface area contributed by atoms with Crippen LogP contribution < -0.4 is 0 Å². The van der Waals surface area contributed by atoms with Gasteiger partial charge in [-0.3, -0.25) is 0 Å². The first-order valence-electron chi connectivity index (χ1n) is 9.46. The second kappa shape index (κ2) is 5.21. The Kier molecular flexibility index (Phi) is 3.50. The molecule has 0 radical (unpaired) electrons. The lowest BCUT2D eigenvalue weighted by Gasteiger charge is -2.57. The van der Waals surface area contributed by atoms with E-state index < -0.39 is 0 Å². The van der Waals surface area contributed by atoms with Crippen LogP contribution in [0, 0.1) is 39.9 Å². The molecule has 0 spiro atoms. The van der Waals surface area contributed by atoms with Gasteiger partial charge in [0.2, 0.25) is 0 Å². The molecule has 1 N–H and O–H groups in total. The Morgan fingerprint density at radius 1 is 1.17 bits per heavy atom. The second-order valence-electron chi connectivity index (χ2n) is 8.95. The van der Waals surface area contributed by atoms with Crippen LogP contribution in [0.1, 0.15) is 65.2 Å². The van der Waals surface area contributed by atoms with E-state index in [2.05, 4.69) is 26.0 Å². The fraction of sp³-hybridized carbons (Fsp3) is 0.762. The van der Waals surface area contributed by atoms with E-state index in [1.54, 1.807) is 5.57 Å². The minimum absolute atomic E-state index is 0.114. The maximum absolute atomic E-state index is 10.1. The molecule has 0 aromatic heterocycles. The highest BCUT2D eigenvalue weighted by Crippen LogP contribution is 2.66. The normalized spacial score (nSPS) is 50.5. The van der Waals surface area contributed by atoms with Gasteiger partial charge in [0, 0.05) is 6.08 Å². The van der Waals surface area contributed by atoms with Crippen molar-refractivity contribution in [1.82, 2.24) is 0 Å². The fourth-order valence-electron chi connectivity index (χ4n) is 6.80. The predicted molar refractivity (Wildman–Crippen MR) is 91.4 cm³/mol. The molecule has 3 saturated carbocycles. The number of hydrogen-bond donors (Lipinski definition) is 1. The third-order valence-electron chi connectivity index (χ3n) is 8.16. The van der Waals surface area contributed by atoms with E-state index in [1.165, 1.54) is 31.3 Å². The number of allylic oxidation sites excluding steroid dienone is 3. The second-order valence-corrected chi connectivity index (χ2v) is 8.95. The zero-order valence-corrected chi connectivity index (χ0v) is 14.5. The predicted octanol–water partition coefficient (Wildman–Crippen LogP) is 4.76. The summed E-state index contributed by atoms with van der Waals surface area (Å²) in [6.45, 7) is 4.90. The van der Waals surface area contributed by atoms with Crippen molar-refractivity contribution in [2.24, 2.45) is 28.6 Å². The Morgan fingerprint density at radius 3 is 2.70 bits per heavy atom. The van der Waals surface area contributed by atoms with Crippen molar-refractivity contribution in [3.8, 4) is 6.07 Å². The molecular formula is C21H29NO. The average molecular weight is 311 g/mol. The molecule has 0 unspecified atom stereocenters. The number of hydrogen-bond acceptors (Lipinski definition) is 2. The standard InChI is InChI=1S/C21H29NO/c1-20-11-8-19-17(18(20)6-4-14(20)9-12-22)5-3-15-13-16(23)7-10-21(15,19)2/h3,9,16-19,23H,4-8,10-11,13H2,1-2H3/b14-9-/t16-,17-,18-,19-,20+,21-/m0/s1. The molecule has 2 nitrogen and oxygen atoms in total. The summed E-state index contributed by atoms with van der Waals surface area (Å²) in [5.74, 6) is 2.32. The van der Waals surface area contributed by atoms with E-state index >= 15 is 0 Å². The first kappa shape index (κ1) is 15.5. The van der Waals surface area contributed by atoms with Gasteiger partial charge in [0.1, 0.15) is 0 Å². The Balaban J connectivity index is 1.68. The molecule has 0 bridgehead atoms. The first-order chi connectivity index (χ1) is 11.0. The highest BCUT2D eigenvalue weighted by atomic mass is 16.3. The van der Waals surface area contributed by atoms with Gasteiger partial charge in [-0.05, 0) is 80.0 Å². The molecule has 0 amide bonds. The van der Waals surface area contributed by atoms with E-state index in [4.69, 9.17) is 5.26 Å². The Bertz CT molecular complexity index is 612. The third-order valence-corrected chi connectivity index (χ3v) is 8.16. The van der Waals surface area contributed by atoms with Crippen molar-refractivity contribution in [2.45, 2.75) is 71.3 Å². The molecule has 0 aromatic carbocycles. The van der Waals surface area contributed by atoms with Gasteiger partial charge in [0.25, 0.3) is 0 Å². The molecule has 0 saturated heterocycles. The number of nitriles is 1. The molecule has 3 fully saturated rings. The van der Waals surface area contributed by atoms with Crippen LogP contribution in [0.2, 0.25) is 0 Å². The SMILES string of the molecule is C[C@]12CC[C@H](O)CC1=CC[C@@H]1[C@@H]2CC[C@]2(C)/C(=C\C#N)CC[C@@H]12. The van der Waals surface area contributed by atoms with Crippen molar-refractivity contribution >= 4 is 0 Å². The molecule has 23 heavy (non-hydrogen) atoms. The quantitative estimate of drug-likeness (QED) is 0.518. The lowest BCUT2D eigenvalue weighted by molar-refractivity contribution is -0.0268. The molecule has 124 valence electrons. The van der Waals surface area contributed by atoms with E-state index in [-0.39, 0.29) is 11.5 Å². The summed E-state index contributed by atoms with van der Waals surface area (Å²) in [5, 5.41) is 19.2. The zero-order valence-electron chi connectivity index (χ0n) is 14.5. The third kappa shape index (κ3) is 2.09. The van der Waals surface area contributed by atoms with Crippen LogP contribution in [0.15, 0.2) is 23.3 Å². The first-order valence-corrected chi connectivity index (χ1v) is 9.46. The summed E-state index contributed by atoms with van der Waals surface area (Å²) in [6.07, 6.45) is 13.4. The van der Waals surface area contributed by atoms with Crippen molar-refractivity contribution < 1.29 is 5.11 Å². The Labute approximate surface area is 140 Å². The van der Waals surface area contributed by atoms with Crippen LogP contribution in [-0.2, 0) is 0 Å². The van der Waals surface area contributed by atoms with Gasteiger partial charge >= 0.3 is 0 Å². The van der Waals surface area contributed by atoms with Gasteiger partial charge in [-0.15, -0.1) is 0 Å². The Hall–Kier alpha value is -1.07. The smallest absolute Gasteiger partial charge is 0.0911 e. The number of fused-ring (bicyclic) bond motifs is 5. The molecule has 4 aliphatic carbocycles. The lowest BCUT2D eigenvalue weighted by atomic mass is 9.48. The molecule has 6 atom stereocenters. The van der Waals surface area contributed by atoms with Gasteiger partial charge < -0.3 is 5.11 Å². The van der Waals surface area contributed by atoms with Gasteiger partial charge in [-0.1, -0.05) is 31.1 Å². The number of nitrogens with zero attached hydrogens (tertiary/aromatic N) is 1. The van der Waals surface area contributed by atoms with Crippen LogP contribution in [0.25, 0.3) is 0 Å². The van der Waals surface area contributed by atoms with Crippen LogP contribution in [0.5, 0.6) is 0 Å². The summed E-state index contributed by atoms with van der Waals surface area (Å²) in [7, 11) is 0. The molecule has 0 aromatic rings. The summed E-state index contributed by atoms with van der Waals surface area (Å²) in [5.41, 5.74) is 3.56. The van der Waals surface area contributed by atoms with Crippen molar-refractivity contribution in [2.75, 3.05) is 0 Å². The van der Waals surface area contributed by atoms with Crippen LogP contribution in [0.4, 0.5) is 0 Å². The highest BCUT2D eigenvalue weighted by Gasteiger charge is 2.57. The van der Waals surface area contributed by atoms with Gasteiger partial charge in [0.05, 0.1) is 12.2 Å². The minimum atomic E-state index is -0.114. The van der Waals surface area contributed by atoms with Crippen LogP contribution in [-0.4, -0.2) is 11.2 Å². The summed E-state index contributed by atoms with van der Waals surface area (Å²) < 4.78 is 0. The maximum Gasteiger partial charge on any atom is 0.0911 e. The van der Waals surface area contributed by atoms with Crippen molar-refractivity contribution in [3.05, 3.63) is 23.3 Å². The molecule has 0 aliphatic heterocycles. The highest BCUT2D eigenvalue weighted by molar-refractivity contribution is 5.31.